The molecular weight excluding hydrogens is 270 g/mol. The van der Waals surface area contributed by atoms with Crippen LogP contribution in [0.4, 0.5) is 0 Å². The Kier molecular flexibility index (Phi) is 3.99. The van der Waals surface area contributed by atoms with E-state index in [1.165, 1.54) is 12.1 Å². The number of hydrogen-bond acceptors (Lipinski definition) is 4. The van der Waals surface area contributed by atoms with Crippen LogP contribution in [0.25, 0.3) is 0 Å². The summed E-state index contributed by atoms with van der Waals surface area (Å²) in [6, 6.07) is 9.27. The third-order valence-electron chi connectivity index (χ3n) is 2.38. The van der Waals surface area contributed by atoms with E-state index in [0.717, 1.165) is 5.56 Å². The molecule has 1 aromatic heterocycles. The summed E-state index contributed by atoms with van der Waals surface area (Å²) in [4.78, 5) is 14.9. The monoisotopic (exact) mass is 279 g/mol. The zero-order valence-corrected chi connectivity index (χ0v) is 10.5. The molecule has 0 amide bonds. The van der Waals surface area contributed by atoms with Gasteiger partial charge in [-0.05, 0) is 29.8 Å². The molecular formula is C13H10ClNO4. The molecule has 0 radical (unpaired) electrons. The van der Waals surface area contributed by atoms with Gasteiger partial charge in [0.05, 0.1) is 6.61 Å². The molecule has 1 heterocycles. The number of carboxylic acids is 1. The first kappa shape index (κ1) is 13.3. The van der Waals surface area contributed by atoms with Crippen molar-refractivity contribution >= 4 is 17.6 Å². The lowest BCUT2D eigenvalue weighted by Gasteiger charge is -2.08. The number of aliphatic hydroxyl groups excluding tert-OH is 1. The molecule has 0 saturated heterocycles. The Bertz CT molecular complexity index is 598. The van der Waals surface area contributed by atoms with Crippen molar-refractivity contribution in [1.29, 1.82) is 0 Å². The van der Waals surface area contributed by atoms with Gasteiger partial charge >= 0.3 is 5.97 Å². The minimum Gasteiger partial charge on any atom is -0.477 e. The highest BCUT2D eigenvalue weighted by Crippen LogP contribution is 2.25. The number of rotatable bonds is 4. The van der Waals surface area contributed by atoms with Crippen molar-refractivity contribution in [1.82, 2.24) is 4.98 Å². The van der Waals surface area contributed by atoms with Gasteiger partial charge in [-0.25, -0.2) is 9.78 Å². The van der Waals surface area contributed by atoms with E-state index in [2.05, 4.69) is 4.98 Å². The zero-order valence-electron chi connectivity index (χ0n) is 9.71. The highest BCUT2D eigenvalue weighted by atomic mass is 35.5. The van der Waals surface area contributed by atoms with Crippen LogP contribution in [0.15, 0.2) is 36.4 Å². The molecule has 0 aliphatic heterocycles. The summed E-state index contributed by atoms with van der Waals surface area (Å²) in [5.74, 6) is -0.808. The van der Waals surface area contributed by atoms with Crippen molar-refractivity contribution in [2.24, 2.45) is 0 Å². The maximum absolute atomic E-state index is 11.0. The SMILES string of the molecule is O=C(O)c1ccc(Cl)nc1Oc1ccc(CO)cc1. The predicted octanol–water partition coefficient (Wildman–Crippen LogP) is 2.72. The Balaban J connectivity index is 2.31. The number of aromatic nitrogens is 1. The Morgan fingerprint density at radius 3 is 2.47 bits per heavy atom. The number of ether oxygens (including phenoxy) is 1. The van der Waals surface area contributed by atoms with Gasteiger partial charge in [0.25, 0.3) is 0 Å². The number of halogens is 1. The van der Waals surface area contributed by atoms with E-state index in [0.29, 0.717) is 5.75 Å². The van der Waals surface area contributed by atoms with Crippen LogP contribution in [0.5, 0.6) is 11.6 Å². The van der Waals surface area contributed by atoms with Crippen LogP contribution in [0.3, 0.4) is 0 Å². The van der Waals surface area contributed by atoms with E-state index in [9.17, 15) is 4.79 Å². The van der Waals surface area contributed by atoms with Crippen LogP contribution in [-0.4, -0.2) is 21.2 Å². The molecule has 1 aromatic carbocycles. The van der Waals surface area contributed by atoms with Gasteiger partial charge in [-0.1, -0.05) is 23.7 Å². The van der Waals surface area contributed by atoms with Gasteiger partial charge < -0.3 is 14.9 Å². The summed E-state index contributed by atoms with van der Waals surface area (Å²) < 4.78 is 5.39. The topological polar surface area (TPSA) is 79.7 Å². The molecule has 0 aliphatic rings. The maximum Gasteiger partial charge on any atom is 0.341 e. The molecule has 0 fully saturated rings. The van der Waals surface area contributed by atoms with Crippen LogP contribution >= 0.6 is 11.6 Å². The van der Waals surface area contributed by atoms with Gasteiger partial charge in [0.2, 0.25) is 5.88 Å². The first-order chi connectivity index (χ1) is 9.10. The number of nitrogens with zero attached hydrogens (tertiary/aromatic N) is 1. The van der Waals surface area contributed by atoms with Gasteiger partial charge in [0.1, 0.15) is 16.5 Å². The first-order valence-electron chi connectivity index (χ1n) is 5.37. The highest BCUT2D eigenvalue weighted by molar-refractivity contribution is 6.29. The van der Waals surface area contributed by atoms with Crippen LogP contribution in [0.2, 0.25) is 5.15 Å². The Morgan fingerprint density at radius 1 is 1.21 bits per heavy atom. The summed E-state index contributed by atoms with van der Waals surface area (Å²) in [7, 11) is 0. The molecule has 6 heteroatoms. The predicted molar refractivity (Wildman–Crippen MR) is 68.6 cm³/mol. The highest BCUT2D eigenvalue weighted by Gasteiger charge is 2.14. The molecule has 0 saturated carbocycles. The van der Waals surface area contributed by atoms with Crippen LogP contribution in [-0.2, 0) is 6.61 Å². The smallest absolute Gasteiger partial charge is 0.341 e. The molecule has 0 atom stereocenters. The van der Waals surface area contributed by atoms with Gasteiger partial charge in [-0.15, -0.1) is 0 Å². The fraction of sp³-hybridized carbons (Fsp3) is 0.0769. The van der Waals surface area contributed by atoms with Crippen molar-refractivity contribution in [3.8, 4) is 11.6 Å². The third kappa shape index (κ3) is 3.21. The number of carboxylic acid groups (broad SMARTS) is 1. The van der Waals surface area contributed by atoms with Crippen molar-refractivity contribution in [3.63, 3.8) is 0 Å². The maximum atomic E-state index is 11.0. The van der Waals surface area contributed by atoms with Crippen molar-refractivity contribution in [3.05, 3.63) is 52.7 Å². The average Bonchev–Trinajstić information content (AvgIpc) is 2.39. The lowest BCUT2D eigenvalue weighted by atomic mass is 10.2. The lowest BCUT2D eigenvalue weighted by molar-refractivity contribution is 0.0693. The number of carbonyl (C=O) groups is 1. The van der Waals surface area contributed by atoms with Crippen LogP contribution in [0, 0.1) is 0 Å². The van der Waals surface area contributed by atoms with E-state index in [-0.39, 0.29) is 23.2 Å². The van der Waals surface area contributed by atoms with Gasteiger partial charge in [0, 0.05) is 0 Å². The summed E-state index contributed by atoms with van der Waals surface area (Å²) in [6.45, 7) is -0.0733. The largest absolute Gasteiger partial charge is 0.477 e. The molecule has 0 spiro atoms. The average molecular weight is 280 g/mol. The minimum atomic E-state index is -1.15. The minimum absolute atomic E-state index is 0.0725. The lowest BCUT2D eigenvalue weighted by Crippen LogP contribution is -2.02. The normalized spacial score (nSPS) is 10.2. The molecule has 2 aromatic rings. The van der Waals surface area contributed by atoms with E-state index < -0.39 is 5.97 Å². The number of hydrogen-bond donors (Lipinski definition) is 2. The van der Waals surface area contributed by atoms with E-state index in [1.807, 2.05) is 0 Å². The second kappa shape index (κ2) is 5.69. The fourth-order valence-electron chi connectivity index (χ4n) is 1.43. The van der Waals surface area contributed by atoms with Crippen LogP contribution < -0.4 is 4.74 Å². The number of aliphatic hydroxyl groups is 1. The summed E-state index contributed by atoms with van der Waals surface area (Å²) in [6.07, 6.45) is 0. The van der Waals surface area contributed by atoms with Crippen molar-refractivity contribution in [2.45, 2.75) is 6.61 Å². The zero-order chi connectivity index (χ0) is 13.8. The van der Waals surface area contributed by atoms with Crippen molar-refractivity contribution in [2.75, 3.05) is 0 Å². The second-order valence-electron chi connectivity index (χ2n) is 3.70. The molecule has 0 unspecified atom stereocenters. The third-order valence-corrected chi connectivity index (χ3v) is 2.59. The quantitative estimate of drug-likeness (QED) is 0.841. The van der Waals surface area contributed by atoms with E-state index in [1.54, 1.807) is 24.3 Å². The Morgan fingerprint density at radius 2 is 1.89 bits per heavy atom. The molecule has 0 bridgehead atoms. The molecule has 5 nitrogen and oxygen atoms in total. The van der Waals surface area contributed by atoms with Crippen molar-refractivity contribution < 1.29 is 19.7 Å². The number of aromatic carboxylic acids is 1. The van der Waals surface area contributed by atoms with Gasteiger partial charge in [-0.2, -0.15) is 0 Å². The molecule has 2 N–H and O–H groups in total. The first-order valence-corrected chi connectivity index (χ1v) is 5.75. The molecule has 98 valence electrons. The molecule has 0 aliphatic carbocycles. The number of pyridine rings is 1. The van der Waals surface area contributed by atoms with Gasteiger partial charge in [-0.3, -0.25) is 0 Å². The Labute approximate surface area is 114 Å². The Hall–Kier alpha value is -2.11. The standard InChI is InChI=1S/C13H10ClNO4/c14-11-6-5-10(13(17)18)12(15-11)19-9-3-1-8(7-16)2-4-9/h1-6,16H,7H2,(H,17,18). The van der Waals surface area contributed by atoms with Crippen LogP contribution in [0.1, 0.15) is 15.9 Å². The summed E-state index contributed by atoms with van der Waals surface area (Å²) in [5, 5.41) is 18.1. The summed E-state index contributed by atoms with van der Waals surface area (Å²) >= 11 is 5.72. The fourth-order valence-corrected chi connectivity index (χ4v) is 1.57. The molecule has 19 heavy (non-hydrogen) atoms. The summed E-state index contributed by atoms with van der Waals surface area (Å²) in [5.41, 5.74) is 0.653. The second-order valence-corrected chi connectivity index (χ2v) is 4.08. The molecule has 2 rings (SSSR count). The van der Waals surface area contributed by atoms with E-state index >= 15 is 0 Å². The number of benzene rings is 1. The van der Waals surface area contributed by atoms with E-state index in [4.69, 9.17) is 26.6 Å². The van der Waals surface area contributed by atoms with Gasteiger partial charge in [0.15, 0.2) is 0 Å².